The van der Waals surface area contributed by atoms with Crippen LogP contribution in [0.2, 0.25) is 0 Å². The maximum Gasteiger partial charge on any atom is 0.181 e. The van der Waals surface area contributed by atoms with E-state index in [9.17, 15) is 8.42 Å². The van der Waals surface area contributed by atoms with Gasteiger partial charge in [0.25, 0.3) is 0 Å². The van der Waals surface area contributed by atoms with Crippen LogP contribution in [-0.2, 0) is 16.3 Å². The highest BCUT2D eigenvalue weighted by atomic mass is 32.2. The number of nitrogens with zero attached hydrogens (tertiary/aromatic N) is 1. The standard InChI is InChI=1S/C22H27NO2S/c1-3-17-26(24,25)22-12-10-21(11-13-22)20-8-6-19(7-9-20)14-16-23-15-4-5-18(23)2/h3,6-13,18H,1,4-5,14-17H2,2H3/t18-/m1/s1. The Morgan fingerprint density at radius 2 is 1.69 bits per heavy atom. The van der Waals surface area contributed by atoms with Crippen LogP contribution in [0.15, 0.2) is 66.1 Å². The van der Waals surface area contributed by atoms with Crippen LogP contribution in [0, 0.1) is 0 Å². The Hall–Kier alpha value is -1.91. The predicted octanol–water partition coefficient (Wildman–Crippen LogP) is 4.34. The van der Waals surface area contributed by atoms with Gasteiger partial charge in [0.2, 0.25) is 0 Å². The molecule has 26 heavy (non-hydrogen) atoms. The van der Waals surface area contributed by atoms with Crippen molar-refractivity contribution in [3.05, 3.63) is 66.7 Å². The third-order valence-electron chi connectivity index (χ3n) is 5.22. The van der Waals surface area contributed by atoms with Crippen LogP contribution in [0.5, 0.6) is 0 Å². The molecule has 1 aliphatic rings. The van der Waals surface area contributed by atoms with Crippen LogP contribution in [0.25, 0.3) is 11.1 Å². The summed E-state index contributed by atoms with van der Waals surface area (Å²) in [7, 11) is -3.26. The Balaban J connectivity index is 1.65. The molecule has 2 aromatic rings. The van der Waals surface area contributed by atoms with E-state index in [0.29, 0.717) is 10.9 Å². The van der Waals surface area contributed by atoms with Gasteiger partial charge in [-0.2, -0.15) is 0 Å². The van der Waals surface area contributed by atoms with Gasteiger partial charge in [-0.25, -0.2) is 8.42 Å². The fourth-order valence-electron chi connectivity index (χ4n) is 3.57. The van der Waals surface area contributed by atoms with E-state index in [0.717, 1.165) is 24.1 Å². The molecular formula is C22H27NO2S. The van der Waals surface area contributed by atoms with E-state index in [-0.39, 0.29) is 5.75 Å². The number of likely N-dealkylation sites (tertiary alicyclic amines) is 1. The minimum Gasteiger partial charge on any atom is -0.300 e. The Morgan fingerprint density at radius 1 is 1.08 bits per heavy atom. The van der Waals surface area contributed by atoms with Crippen molar-refractivity contribution in [3.63, 3.8) is 0 Å². The van der Waals surface area contributed by atoms with Crippen molar-refractivity contribution in [2.24, 2.45) is 0 Å². The van der Waals surface area contributed by atoms with Crippen molar-refractivity contribution < 1.29 is 8.42 Å². The lowest BCUT2D eigenvalue weighted by molar-refractivity contribution is 0.272. The molecule has 4 heteroatoms. The van der Waals surface area contributed by atoms with Crippen LogP contribution < -0.4 is 0 Å². The zero-order chi connectivity index (χ0) is 18.6. The average Bonchev–Trinajstić information content (AvgIpc) is 3.05. The molecule has 1 heterocycles. The molecule has 0 radical (unpaired) electrons. The van der Waals surface area contributed by atoms with Crippen LogP contribution in [0.3, 0.4) is 0 Å². The lowest BCUT2D eigenvalue weighted by Gasteiger charge is -2.20. The van der Waals surface area contributed by atoms with Gasteiger partial charge in [0.15, 0.2) is 9.84 Å². The summed E-state index contributed by atoms with van der Waals surface area (Å²) in [6.45, 7) is 8.17. The van der Waals surface area contributed by atoms with Gasteiger partial charge in [-0.1, -0.05) is 42.5 Å². The van der Waals surface area contributed by atoms with E-state index in [4.69, 9.17) is 0 Å². The van der Waals surface area contributed by atoms with E-state index in [1.165, 1.54) is 31.0 Å². The maximum absolute atomic E-state index is 12.1. The third-order valence-corrected chi connectivity index (χ3v) is 6.88. The van der Waals surface area contributed by atoms with Gasteiger partial charge in [-0.15, -0.1) is 6.58 Å². The van der Waals surface area contributed by atoms with Crippen LogP contribution in [0.4, 0.5) is 0 Å². The summed E-state index contributed by atoms with van der Waals surface area (Å²) in [5.41, 5.74) is 3.48. The lowest BCUT2D eigenvalue weighted by Crippen LogP contribution is -2.28. The van der Waals surface area contributed by atoms with Crippen molar-refractivity contribution in [1.29, 1.82) is 0 Å². The highest BCUT2D eigenvalue weighted by Crippen LogP contribution is 2.23. The molecule has 0 unspecified atom stereocenters. The summed E-state index contributed by atoms with van der Waals surface area (Å²) in [6.07, 6.45) is 5.13. The molecule has 1 fully saturated rings. The molecule has 1 saturated heterocycles. The second-order valence-corrected chi connectivity index (χ2v) is 9.10. The lowest BCUT2D eigenvalue weighted by atomic mass is 10.0. The third kappa shape index (κ3) is 4.43. The molecule has 1 aliphatic heterocycles. The molecule has 0 spiro atoms. The van der Waals surface area contributed by atoms with Gasteiger partial charge < -0.3 is 4.90 Å². The van der Waals surface area contributed by atoms with Crippen LogP contribution in [0.1, 0.15) is 25.3 Å². The summed E-state index contributed by atoms with van der Waals surface area (Å²) >= 11 is 0. The summed E-state index contributed by atoms with van der Waals surface area (Å²) in [5, 5.41) is 0. The van der Waals surface area contributed by atoms with Crippen molar-refractivity contribution >= 4 is 9.84 Å². The van der Waals surface area contributed by atoms with Crippen molar-refractivity contribution in [1.82, 2.24) is 4.90 Å². The number of rotatable bonds is 7. The molecule has 0 saturated carbocycles. The summed E-state index contributed by atoms with van der Waals surface area (Å²) in [5.74, 6) is -0.0311. The Morgan fingerprint density at radius 3 is 2.23 bits per heavy atom. The van der Waals surface area contributed by atoms with E-state index in [2.05, 4.69) is 42.7 Å². The molecule has 138 valence electrons. The molecule has 2 aromatic carbocycles. The molecular weight excluding hydrogens is 342 g/mol. The molecule has 3 rings (SSSR count). The topological polar surface area (TPSA) is 37.4 Å². The van der Waals surface area contributed by atoms with Gasteiger partial charge >= 0.3 is 0 Å². The molecule has 0 N–H and O–H groups in total. The van der Waals surface area contributed by atoms with Crippen LogP contribution >= 0.6 is 0 Å². The predicted molar refractivity (Wildman–Crippen MR) is 108 cm³/mol. The first-order chi connectivity index (χ1) is 12.5. The van der Waals surface area contributed by atoms with Gasteiger partial charge in [0, 0.05) is 12.6 Å². The normalized spacial score (nSPS) is 18.1. The van der Waals surface area contributed by atoms with E-state index >= 15 is 0 Å². The van der Waals surface area contributed by atoms with Gasteiger partial charge in [0.1, 0.15) is 0 Å². The SMILES string of the molecule is C=CCS(=O)(=O)c1ccc(-c2ccc(CCN3CCC[C@H]3C)cc2)cc1. The Kier molecular flexibility index (Phi) is 5.94. The average molecular weight is 370 g/mol. The smallest absolute Gasteiger partial charge is 0.181 e. The second-order valence-electron chi connectivity index (χ2n) is 7.07. The fraction of sp³-hybridized carbons (Fsp3) is 0.364. The highest BCUT2D eigenvalue weighted by molar-refractivity contribution is 7.91. The van der Waals surface area contributed by atoms with Gasteiger partial charge in [0.05, 0.1) is 10.6 Å². The second kappa shape index (κ2) is 8.19. The maximum atomic E-state index is 12.1. The van der Waals surface area contributed by atoms with Gasteiger partial charge in [-0.3, -0.25) is 0 Å². The van der Waals surface area contributed by atoms with E-state index < -0.39 is 9.84 Å². The summed E-state index contributed by atoms with van der Waals surface area (Å²) in [6, 6.07) is 16.4. The Bertz CT molecular complexity index is 839. The first kappa shape index (κ1) is 18.9. The number of sulfone groups is 1. The molecule has 0 bridgehead atoms. The van der Waals surface area contributed by atoms with Crippen LogP contribution in [-0.4, -0.2) is 38.2 Å². The summed E-state index contributed by atoms with van der Waals surface area (Å²) in [4.78, 5) is 2.91. The Labute approximate surface area is 157 Å². The number of hydrogen-bond donors (Lipinski definition) is 0. The molecule has 0 aromatic heterocycles. The molecule has 1 atom stereocenters. The minimum absolute atomic E-state index is 0.0311. The molecule has 3 nitrogen and oxygen atoms in total. The quantitative estimate of drug-likeness (QED) is 0.681. The molecule has 0 aliphatic carbocycles. The van der Waals surface area contributed by atoms with Crippen molar-refractivity contribution in [2.45, 2.75) is 37.1 Å². The molecule has 0 amide bonds. The number of benzene rings is 2. The first-order valence-electron chi connectivity index (χ1n) is 9.27. The monoisotopic (exact) mass is 369 g/mol. The minimum atomic E-state index is -3.26. The first-order valence-corrected chi connectivity index (χ1v) is 10.9. The number of hydrogen-bond acceptors (Lipinski definition) is 3. The largest absolute Gasteiger partial charge is 0.300 e. The van der Waals surface area contributed by atoms with Gasteiger partial charge in [-0.05, 0) is 61.6 Å². The van der Waals surface area contributed by atoms with E-state index in [1.807, 2.05) is 12.1 Å². The highest BCUT2D eigenvalue weighted by Gasteiger charge is 2.19. The summed E-state index contributed by atoms with van der Waals surface area (Å²) < 4.78 is 24.1. The van der Waals surface area contributed by atoms with E-state index in [1.54, 1.807) is 12.1 Å². The zero-order valence-corrected chi connectivity index (χ0v) is 16.2. The van der Waals surface area contributed by atoms with Crippen molar-refractivity contribution in [3.8, 4) is 11.1 Å². The van der Waals surface area contributed by atoms with Crippen molar-refractivity contribution in [2.75, 3.05) is 18.8 Å². The zero-order valence-electron chi connectivity index (χ0n) is 15.4. The fourth-order valence-corrected chi connectivity index (χ4v) is 4.62.